The van der Waals surface area contributed by atoms with Gasteiger partial charge in [0.1, 0.15) is 5.82 Å². The zero-order valence-electron chi connectivity index (χ0n) is 16.1. The highest BCUT2D eigenvalue weighted by atomic mass is 32.2. The maximum Gasteiger partial charge on any atom is 0.233 e. The Hall–Kier alpha value is -1.93. The van der Waals surface area contributed by atoms with Crippen LogP contribution in [-0.2, 0) is 11.3 Å². The molecule has 1 N–H and O–H groups in total. The van der Waals surface area contributed by atoms with Crippen molar-refractivity contribution in [3.05, 3.63) is 35.9 Å². The monoisotopic (exact) mass is 403 g/mol. The molecule has 2 heterocycles. The second-order valence-electron chi connectivity index (χ2n) is 7.59. The van der Waals surface area contributed by atoms with Crippen molar-refractivity contribution in [2.45, 2.75) is 62.0 Å². The van der Waals surface area contributed by atoms with Gasteiger partial charge in [-0.15, -0.1) is 10.2 Å². The molecule has 150 valence electrons. The molecule has 4 rings (SSSR count). The summed E-state index contributed by atoms with van der Waals surface area (Å²) in [4.78, 5) is 14.7. The third-order valence-electron chi connectivity index (χ3n) is 5.17. The summed E-state index contributed by atoms with van der Waals surface area (Å²) in [5.41, 5.74) is 0.815. The van der Waals surface area contributed by atoms with Gasteiger partial charge in [0.25, 0.3) is 0 Å². The van der Waals surface area contributed by atoms with Crippen LogP contribution >= 0.6 is 11.8 Å². The van der Waals surface area contributed by atoms with Crippen molar-refractivity contribution in [2.24, 2.45) is 0 Å². The molecule has 1 aliphatic heterocycles. The molecule has 1 aromatic heterocycles. The number of nitrogens with one attached hydrogen (secondary N) is 1. The molecule has 1 unspecified atom stereocenters. The fourth-order valence-electron chi connectivity index (χ4n) is 3.40. The first-order valence-electron chi connectivity index (χ1n) is 10.00. The number of rotatable bonds is 7. The Morgan fingerprint density at radius 2 is 1.93 bits per heavy atom. The standard InChI is InChI=1S/C20H26FN5OS/c1-14(19(27)22-16-7-8-16)28-20-24-23-18(13-25-11-3-2-4-12-25)26(20)17-9-5-15(21)6-10-17/h5-6,9-10,14,16H,2-4,7-8,11-13H2,1H3,(H,22,27). The van der Waals surface area contributed by atoms with E-state index in [9.17, 15) is 9.18 Å². The molecule has 8 heteroatoms. The number of benzene rings is 1. The summed E-state index contributed by atoms with van der Waals surface area (Å²) < 4.78 is 15.4. The fraction of sp³-hybridized carbons (Fsp3) is 0.550. The molecule has 0 spiro atoms. The van der Waals surface area contributed by atoms with E-state index in [-0.39, 0.29) is 17.0 Å². The molecule has 6 nitrogen and oxygen atoms in total. The van der Waals surface area contributed by atoms with Crippen LogP contribution in [0.3, 0.4) is 0 Å². The van der Waals surface area contributed by atoms with E-state index in [0.717, 1.165) is 37.4 Å². The van der Waals surface area contributed by atoms with Crippen LogP contribution in [0.2, 0.25) is 0 Å². The van der Waals surface area contributed by atoms with Crippen LogP contribution in [0, 0.1) is 5.82 Å². The predicted molar refractivity (Wildman–Crippen MR) is 107 cm³/mol. The van der Waals surface area contributed by atoms with Crippen LogP contribution in [0.25, 0.3) is 5.69 Å². The van der Waals surface area contributed by atoms with Crippen LogP contribution in [0.4, 0.5) is 4.39 Å². The Kier molecular flexibility index (Phi) is 5.96. The lowest BCUT2D eigenvalue weighted by Gasteiger charge is -2.26. The Labute approximate surface area is 168 Å². The largest absolute Gasteiger partial charge is 0.352 e. The third-order valence-corrected chi connectivity index (χ3v) is 6.22. The molecule has 2 fully saturated rings. The first-order valence-corrected chi connectivity index (χ1v) is 10.9. The second kappa shape index (κ2) is 8.61. The van der Waals surface area contributed by atoms with Gasteiger partial charge in [0.15, 0.2) is 11.0 Å². The minimum absolute atomic E-state index is 0.0266. The molecule has 2 aromatic rings. The summed E-state index contributed by atoms with van der Waals surface area (Å²) in [6.07, 6.45) is 5.80. The van der Waals surface area contributed by atoms with Gasteiger partial charge in [-0.25, -0.2) is 4.39 Å². The summed E-state index contributed by atoms with van der Waals surface area (Å²) in [7, 11) is 0. The van der Waals surface area contributed by atoms with Gasteiger partial charge in [0, 0.05) is 11.7 Å². The van der Waals surface area contributed by atoms with Gasteiger partial charge >= 0.3 is 0 Å². The van der Waals surface area contributed by atoms with Gasteiger partial charge in [-0.1, -0.05) is 18.2 Å². The Morgan fingerprint density at radius 1 is 1.21 bits per heavy atom. The number of amides is 1. The van der Waals surface area contributed by atoms with Gasteiger partial charge in [0.2, 0.25) is 5.91 Å². The molecule has 1 saturated heterocycles. The lowest BCUT2D eigenvalue weighted by Crippen LogP contribution is -2.32. The van der Waals surface area contributed by atoms with Gasteiger partial charge in [-0.05, 0) is 70.0 Å². The SMILES string of the molecule is CC(Sc1nnc(CN2CCCCC2)n1-c1ccc(F)cc1)C(=O)NC1CC1. The second-order valence-corrected chi connectivity index (χ2v) is 8.90. The zero-order valence-corrected chi connectivity index (χ0v) is 16.9. The number of thioether (sulfide) groups is 1. The van der Waals surface area contributed by atoms with E-state index in [1.807, 2.05) is 11.5 Å². The van der Waals surface area contributed by atoms with Gasteiger partial charge in [0.05, 0.1) is 11.8 Å². The zero-order chi connectivity index (χ0) is 19.5. The number of aromatic nitrogens is 3. The van der Waals surface area contributed by atoms with Crippen molar-refractivity contribution in [2.75, 3.05) is 13.1 Å². The first-order chi connectivity index (χ1) is 13.6. The van der Waals surface area contributed by atoms with Crippen LogP contribution < -0.4 is 5.32 Å². The minimum atomic E-state index is -0.277. The number of nitrogens with zero attached hydrogens (tertiary/aromatic N) is 4. The molecule has 1 atom stereocenters. The van der Waals surface area contributed by atoms with Crippen molar-refractivity contribution < 1.29 is 9.18 Å². The fourth-order valence-corrected chi connectivity index (χ4v) is 4.30. The summed E-state index contributed by atoms with van der Waals surface area (Å²) in [6.45, 7) is 4.70. The molecule has 0 bridgehead atoms. The highest BCUT2D eigenvalue weighted by Crippen LogP contribution is 2.28. The molecule has 1 aliphatic carbocycles. The van der Waals surface area contributed by atoms with E-state index >= 15 is 0 Å². The van der Waals surface area contributed by atoms with Crippen molar-refractivity contribution in [3.63, 3.8) is 0 Å². The Morgan fingerprint density at radius 3 is 2.61 bits per heavy atom. The normalized spacial score (nSPS) is 18.8. The van der Waals surface area contributed by atoms with E-state index in [1.54, 1.807) is 12.1 Å². The number of carbonyl (C=O) groups is 1. The van der Waals surface area contributed by atoms with Crippen LogP contribution in [-0.4, -0.2) is 50.0 Å². The van der Waals surface area contributed by atoms with E-state index < -0.39 is 0 Å². The van der Waals surface area contributed by atoms with Crippen molar-refractivity contribution in [1.29, 1.82) is 0 Å². The highest BCUT2D eigenvalue weighted by Gasteiger charge is 2.27. The molecule has 1 amide bonds. The van der Waals surface area contributed by atoms with Gasteiger partial charge in [-0.2, -0.15) is 0 Å². The summed E-state index contributed by atoms with van der Waals surface area (Å²) >= 11 is 1.39. The molecule has 0 radical (unpaired) electrons. The first kappa shape index (κ1) is 19.4. The average molecular weight is 404 g/mol. The maximum absolute atomic E-state index is 13.4. The summed E-state index contributed by atoms with van der Waals surface area (Å²) in [6, 6.07) is 6.68. The van der Waals surface area contributed by atoms with Gasteiger partial charge < -0.3 is 5.32 Å². The summed E-state index contributed by atoms with van der Waals surface area (Å²) in [5, 5.41) is 12.2. The van der Waals surface area contributed by atoms with Crippen molar-refractivity contribution in [3.8, 4) is 5.69 Å². The number of piperidine rings is 1. The predicted octanol–water partition coefficient (Wildman–Crippen LogP) is 3.15. The molecule has 1 saturated carbocycles. The van der Waals surface area contributed by atoms with Crippen LogP contribution in [0.15, 0.2) is 29.4 Å². The molecule has 28 heavy (non-hydrogen) atoms. The Bertz CT molecular complexity index is 815. The van der Waals surface area contributed by atoms with E-state index in [4.69, 9.17) is 0 Å². The maximum atomic E-state index is 13.4. The Balaban J connectivity index is 1.57. The molecule has 1 aromatic carbocycles. The van der Waals surface area contributed by atoms with E-state index in [0.29, 0.717) is 17.7 Å². The number of hydrogen-bond acceptors (Lipinski definition) is 5. The third kappa shape index (κ3) is 4.72. The molecule has 2 aliphatic rings. The number of likely N-dealkylation sites (tertiary alicyclic amines) is 1. The highest BCUT2D eigenvalue weighted by molar-refractivity contribution is 8.00. The quantitative estimate of drug-likeness (QED) is 0.720. The smallest absolute Gasteiger partial charge is 0.233 e. The number of halogens is 1. The van der Waals surface area contributed by atoms with Crippen LogP contribution in [0.5, 0.6) is 0 Å². The van der Waals surface area contributed by atoms with E-state index in [1.165, 1.54) is 43.2 Å². The van der Waals surface area contributed by atoms with Crippen molar-refractivity contribution in [1.82, 2.24) is 25.0 Å². The number of carbonyl (C=O) groups excluding carboxylic acids is 1. The average Bonchev–Trinajstić information content (AvgIpc) is 3.44. The summed E-state index contributed by atoms with van der Waals surface area (Å²) in [5.74, 6) is 0.574. The lowest BCUT2D eigenvalue weighted by atomic mass is 10.1. The molecular weight excluding hydrogens is 377 g/mol. The van der Waals surface area contributed by atoms with Crippen LogP contribution in [0.1, 0.15) is 44.9 Å². The van der Waals surface area contributed by atoms with Crippen molar-refractivity contribution >= 4 is 17.7 Å². The molecular formula is C20H26FN5OS. The van der Waals surface area contributed by atoms with Gasteiger partial charge in [-0.3, -0.25) is 14.3 Å². The van der Waals surface area contributed by atoms with E-state index in [2.05, 4.69) is 20.4 Å². The lowest BCUT2D eigenvalue weighted by molar-refractivity contribution is -0.120. The minimum Gasteiger partial charge on any atom is -0.352 e. The number of hydrogen-bond donors (Lipinski definition) is 1. The topological polar surface area (TPSA) is 63.1 Å².